The van der Waals surface area contributed by atoms with E-state index < -0.39 is 12.8 Å². The third kappa shape index (κ3) is 3.27. The fraction of sp³-hybridized carbons (Fsp3) is 0.167. The second-order valence-corrected chi connectivity index (χ2v) is 3.41. The zero-order valence-electron chi connectivity index (χ0n) is 8.70. The second-order valence-electron chi connectivity index (χ2n) is 3.41. The number of halogens is 3. The third-order valence-corrected chi connectivity index (χ3v) is 2.06. The van der Waals surface area contributed by atoms with Crippen molar-refractivity contribution in [3.05, 3.63) is 42.7 Å². The number of hydrogen-bond acceptors (Lipinski definition) is 2. The number of ether oxygens (including phenoxy) is 1. The minimum absolute atomic E-state index is 0.178. The van der Waals surface area contributed by atoms with Gasteiger partial charge in [-0.05, 0) is 36.4 Å². The summed E-state index contributed by atoms with van der Waals surface area (Å²) >= 11 is 0. The topological polar surface area (TPSA) is 22.4 Å². The minimum atomic E-state index is -4.32. The Hall–Kier alpha value is -1.91. The Kier molecular flexibility index (Phi) is 3.08. The molecule has 0 aliphatic carbocycles. The first-order chi connectivity index (χ1) is 8.04. The van der Waals surface area contributed by atoms with Gasteiger partial charge in [-0.3, -0.25) is 0 Å². The van der Waals surface area contributed by atoms with E-state index in [1.165, 1.54) is 18.4 Å². The highest BCUT2D eigenvalue weighted by atomic mass is 19.4. The van der Waals surface area contributed by atoms with E-state index in [-0.39, 0.29) is 5.75 Å². The third-order valence-electron chi connectivity index (χ3n) is 2.06. The van der Waals surface area contributed by atoms with Crippen LogP contribution < -0.4 is 4.74 Å². The summed E-state index contributed by atoms with van der Waals surface area (Å²) in [7, 11) is 0. The maximum Gasteiger partial charge on any atom is 0.422 e. The molecule has 0 N–H and O–H groups in total. The summed E-state index contributed by atoms with van der Waals surface area (Å²) in [6.45, 7) is -1.28. The molecule has 0 saturated carbocycles. The highest BCUT2D eigenvalue weighted by Gasteiger charge is 2.28. The molecule has 2 nitrogen and oxygen atoms in total. The van der Waals surface area contributed by atoms with Crippen molar-refractivity contribution >= 4 is 0 Å². The Morgan fingerprint density at radius 1 is 1.06 bits per heavy atom. The van der Waals surface area contributed by atoms with Gasteiger partial charge in [0.15, 0.2) is 6.61 Å². The maximum absolute atomic E-state index is 11.9. The van der Waals surface area contributed by atoms with Crippen LogP contribution in [-0.4, -0.2) is 12.8 Å². The van der Waals surface area contributed by atoms with Crippen LogP contribution in [0, 0.1) is 0 Å². The van der Waals surface area contributed by atoms with Crippen molar-refractivity contribution in [1.29, 1.82) is 0 Å². The van der Waals surface area contributed by atoms with Crippen molar-refractivity contribution in [2.75, 3.05) is 6.61 Å². The lowest BCUT2D eigenvalue weighted by Gasteiger charge is -2.09. The predicted molar refractivity (Wildman–Crippen MR) is 55.7 cm³/mol. The largest absolute Gasteiger partial charge is 0.484 e. The first kappa shape index (κ1) is 11.6. The summed E-state index contributed by atoms with van der Waals surface area (Å²) in [6, 6.07) is 9.75. The van der Waals surface area contributed by atoms with Gasteiger partial charge in [-0.15, -0.1) is 0 Å². The molecule has 2 aromatic rings. The van der Waals surface area contributed by atoms with Crippen LogP contribution in [0.2, 0.25) is 0 Å². The van der Waals surface area contributed by atoms with Gasteiger partial charge >= 0.3 is 6.18 Å². The molecule has 0 aliphatic rings. The summed E-state index contributed by atoms with van der Waals surface area (Å²) in [5, 5.41) is 0. The summed E-state index contributed by atoms with van der Waals surface area (Å²) in [5.41, 5.74) is 0.786. The average Bonchev–Trinajstić information content (AvgIpc) is 2.79. The lowest BCUT2D eigenvalue weighted by atomic mass is 10.2. The molecule has 0 atom stereocenters. The van der Waals surface area contributed by atoms with Gasteiger partial charge in [-0.1, -0.05) is 0 Å². The molecule has 1 aromatic heterocycles. The Bertz CT molecular complexity index is 457. The van der Waals surface area contributed by atoms with E-state index in [0.29, 0.717) is 5.76 Å². The monoisotopic (exact) mass is 242 g/mol. The lowest BCUT2D eigenvalue weighted by Crippen LogP contribution is -2.19. The Morgan fingerprint density at radius 3 is 2.29 bits per heavy atom. The average molecular weight is 242 g/mol. The number of benzene rings is 1. The number of rotatable bonds is 3. The van der Waals surface area contributed by atoms with Crippen LogP contribution in [0.1, 0.15) is 0 Å². The maximum atomic E-state index is 11.9. The molecule has 17 heavy (non-hydrogen) atoms. The lowest BCUT2D eigenvalue weighted by molar-refractivity contribution is -0.153. The molecule has 0 spiro atoms. The molecule has 0 bridgehead atoms. The fourth-order valence-electron chi connectivity index (χ4n) is 1.32. The van der Waals surface area contributed by atoms with Crippen molar-refractivity contribution in [3.8, 4) is 17.1 Å². The number of furan rings is 1. The Morgan fingerprint density at radius 2 is 1.76 bits per heavy atom. The molecule has 0 amide bonds. The zero-order valence-corrected chi connectivity index (χ0v) is 8.70. The molecule has 1 heterocycles. The molecule has 0 unspecified atom stereocenters. The van der Waals surface area contributed by atoms with Gasteiger partial charge in [0, 0.05) is 5.56 Å². The normalized spacial score (nSPS) is 11.5. The molecular weight excluding hydrogens is 233 g/mol. The molecule has 0 aliphatic heterocycles. The van der Waals surface area contributed by atoms with E-state index in [0.717, 1.165) is 5.56 Å². The quantitative estimate of drug-likeness (QED) is 0.814. The molecule has 0 fully saturated rings. The minimum Gasteiger partial charge on any atom is -0.484 e. The van der Waals surface area contributed by atoms with E-state index in [2.05, 4.69) is 4.74 Å². The zero-order chi connectivity index (χ0) is 12.3. The van der Waals surface area contributed by atoms with Gasteiger partial charge in [0.05, 0.1) is 6.26 Å². The van der Waals surface area contributed by atoms with Gasteiger partial charge in [0.2, 0.25) is 0 Å². The van der Waals surface area contributed by atoms with E-state index in [1.807, 2.05) is 0 Å². The number of hydrogen-bond donors (Lipinski definition) is 0. The summed E-state index contributed by atoms with van der Waals surface area (Å²) in [4.78, 5) is 0. The van der Waals surface area contributed by atoms with E-state index in [9.17, 15) is 13.2 Å². The van der Waals surface area contributed by atoms with Crippen molar-refractivity contribution < 1.29 is 22.3 Å². The van der Waals surface area contributed by atoms with E-state index in [1.54, 1.807) is 24.3 Å². The van der Waals surface area contributed by atoms with Gasteiger partial charge in [0.25, 0.3) is 0 Å². The van der Waals surface area contributed by atoms with Gasteiger partial charge in [-0.25, -0.2) is 0 Å². The first-order valence-corrected chi connectivity index (χ1v) is 4.88. The first-order valence-electron chi connectivity index (χ1n) is 4.88. The van der Waals surface area contributed by atoms with Gasteiger partial charge in [-0.2, -0.15) is 13.2 Å². The summed E-state index contributed by atoms with van der Waals surface area (Å²) in [6.07, 6.45) is -2.79. The van der Waals surface area contributed by atoms with Crippen LogP contribution in [0.5, 0.6) is 5.75 Å². The SMILES string of the molecule is FC(F)(F)COc1ccc(-c2ccco2)cc1. The van der Waals surface area contributed by atoms with E-state index >= 15 is 0 Å². The van der Waals surface area contributed by atoms with Crippen molar-refractivity contribution in [3.63, 3.8) is 0 Å². The van der Waals surface area contributed by atoms with Crippen LogP contribution in [0.3, 0.4) is 0 Å². The van der Waals surface area contributed by atoms with Crippen LogP contribution in [0.15, 0.2) is 47.1 Å². The molecule has 5 heteroatoms. The molecule has 2 rings (SSSR count). The van der Waals surface area contributed by atoms with Crippen LogP contribution in [0.4, 0.5) is 13.2 Å². The van der Waals surface area contributed by atoms with E-state index in [4.69, 9.17) is 4.42 Å². The highest BCUT2D eigenvalue weighted by Crippen LogP contribution is 2.24. The smallest absolute Gasteiger partial charge is 0.422 e. The van der Waals surface area contributed by atoms with Crippen molar-refractivity contribution in [2.45, 2.75) is 6.18 Å². The molecule has 0 radical (unpaired) electrons. The molecular formula is C12H9F3O2. The van der Waals surface area contributed by atoms with Crippen molar-refractivity contribution in [1.82, 2.24) is 0 Å². The Balaban J connectivity index is 2.04. The van der Waals surface area contributed by atoms with Crippen LogP contribution >= 0.6 is 0 Å². The van der Waals surface area contributed by atoms with Crippen LogP contribution in [-0.2, 0) is 0 Å². The Labute approximate surface area is 95.6 Å². The molecule has 1 aromatic carbocycles. The van der Waals surface area contributed by atoms with Crippen LogP contribution in [0.25, 0.3) is 11.3 Å². The summed E-state index contributed by atoms with van der Waals surface area (Å²) < 4.78 is 45.5. The molecule has 90 valence electrons. The van der Waals surface area contributed by atoms with Gasteiger partial charge < -0.3 is 9.15 Å². The standard InChI is InChI=1S/C12H9F3O2/c13-12(14,15)8-17-10-5-3-9(4-6-10)11-2-1-7-16-11/h1-7H,8H2. The fourth-order valence-corrected chi connectivity index (χ4v) is 1.32. The molecule has 0 saturated heterocycles. The van der Waals surface area contributed by atoms with Crippen molar-refractivity contribution in [2.24, 2.45) is 0 Å². The number of alkyl halides is 3. The predicted octanol–water partition coefficient (Wildman–Crippen LogP) is 3.89. The summed E-state index contributed by atoms with van der Waals surface area (Å²) in [5.74, 6) is 0.838. The van der Waals surface area contributed by atoms with Gasteiger partial charge in [0.1, 0.15) is 11.5 Å². The highest BCUT2D eigenvalue weighted by molar-refractivity contribution is 5.58. The second kappa shape index (κ2) is 4.53.